The monoisotopic (exact) mass is 314 g/mol. The van der Waals surface area contributed by atoms with Crippen LogP contribution in [0.25, 0.3) is 4.96 Å². The second-order valence-electron chi connectivity index (χ2n) is 4.74. The zero-order chi connectivity index (χ0) is 14.4. The number of aromatic nitrogens is 2. The van der Waals surface area contributed by atoms with Crippen molar-refractivity contribution in [3.8, 4) is 0 Å². The molecule has 0 spiro atoms. The summed E-state index contributed by atoms with van der Waals surface area (Å²) in [6, 6.07) is 0. The molecule has 2 aromatic rings. The van der Waals surface area contributed by atoms with Crippen LogP contribution in [0.3, 0.4) is 0 Å². The molecule has 0 unspecified atom stereocenters. The molecule has 2 aromatic heterocycles. The van der Waals surface area contributed by atoms with Gasteiger partial charge in [-0.15, -0.1) is 23.1 Å². The van der Waals surface area contributed by atoms with Crippen LogP contribution >= 0.6 is 23.1 Å². The number of hydrogen-bond donors (Lipinski definition) is 1. The number of fused-ring (bicyclic) bond motifs is 1. The molecular weight excluding hydrogens is 292 g/mol. The predicted molar refractivity (Wildman–Crippen MR) is 85.9 cm³/mol. The fourth-order valence-corrected chi connectivity index (χ4v) is 3.72. The summed E-state index contributed by atoms with van der Waals surface area (Å²) in [5.74, 6) is 1.06. The third kappa shape index (κ3) is 4.20. The van der Waals surface area contributed by atoms with Crippen molar-refractivity contribution in [3.63, 3.8) is 0 Å². The van der Waals surface area contributed by atoms with Gasteiger partial charge in [-0.25, -0.2) is 4.98 Å². The van der Waals surface area contributed by atoms with Crippen molar-refractivity contribution in [2.24, 2.45) is 0 Å². The Morgan fingerprint density at radius 3 is 3.10 bits per heavy atom. The third-order valence-corrected chi connectivity index (χ3v) is 4.62. The number of thioether (sulfide) groups is 1. The molecule has 0 amide bonds. The molecule has 0 bridgehead atoms. The molecule has 2 rings (SSSR count). The summed E-state index contributed by atoms with van der Waals surface area (Å²) in [6.07, 6.45) is 2.09. The largest absolute Gasteiger partial charge is 0.383 e. The maximum Gasteiger partial charge on any atom is 0.194 e. The van der Waals surface area contributed by atoms with Gasteiger partial charge in [0.2, 0.25) is 0 Å². The molecule has 1 N–H and O–H groups in total. The highest BCUT2D eigenvalue weighted by molar-refractivity contribution is 7.99. The molecule has 0 fully saturated rings. The van der Waals surface area contributed by atoms with E-state index in [4.69, 9.17) is 9.72 Å². The lowest BCUT2D eigenvalue weighted by atomic mass is 10.4. The lowest BCUT2D eigenvalue weighted by Crippen LogP contribution is -2.20. The summed E-state index contributed by atoms with van der Waals surface area (Å²) >= 11 is 3.51. The Kier molecular flexibility index (Phi) is 6.31. The quantitative estimate of drug-likeness (QED) is 0.564. The minimum Gasteiger partial charge on any atom is -0.383 e. The number of nitrogens with zero attached hydrogens (tertiary/aromatic N) is 3. The highest BCUT2D eigenvalue weighted by Gasteiger charge is 2.13. The van der Waals surface area contributed by atoms with Crippen molar-refractivity contribution in [3.05, 3.63) is 17.3 Å². The minimum absolute atomic E-state index is 0.731. The van der Waals surface area contributed by atoms with Gasteiger partial charge in [-0.05, 0) is 14.1 Å². The van der Waals surface area contributed by atoms with Crippen LogP contribution in [0.4, 0.5) is 0 Å². The number of thiazole rings is 1. The van der Waals surface area contributed by atoms with E-state index in [1.807, 2.05) is 11.8 Å². The lowest BCUT2D eigenvalue weighted by Gasteiger charge is -2.09. The molecule has 0 saturated carbocycles. The average molecular weight is 314 g/mol. The number of methoxy groups -OCH3 is 1. The summed E-state index contributed by atoms with van der Waals surface area (Å²) in [6.45, 7) is 3.47. The van der Waals surface area contributed by atoms with Gasteiger partial charge in [0.05, 0.1) is 12.3 Å². The second-order valence-corrected chi connectivity index (χ2v) is 6.70. The van der Waals surface area contributed by atoms with E-state index >= 15 is 0 Å². The van der Waals surface area contributed by atoms with Gasteiger partial charge in [0, 0.05) is 44.1 Å². The van der Waals surface area contributed by atoms with Gasteiger partial charge in [0.1, 0.15) is 5.03 Å². The first-order valence-electron chi connectivity index (χ1n) is 6.64. The molecule has 5 nitrogen and oxygen atoms in total. The number of rotatable bonds is 9. The van der Waals surface area contributed by atoms with E-state index < -0.39 is 0 Å². The van der Waals surface area contributed by atoms with Crippen LogP contribution in [0.15, 0.2) is 16.6 Å². The molecule has 0 aliphatic heterocycles. The number of imidazole rings is 1. The fourth-order valence-electron chi connectivity index (χ4n) is 1.80. The van der Waals surface area contributed by atoms with Gasteiger partial charge >= 0.3 is 0 Å². The van der Waals surface area contributed by atoms with Crippen LogP contribution in [0.1, 0.15) is 5.69 Å². The summed E-state index contributed by atoms with van der Waals surface area (Å²) < 4.78 is 7.24. The van der Waals surface area contributed by atoms with E-state index in [1.54, 1.807) is 18.4 Å². The molecule has 0 aromatic carbocycles. The number of ether oxygens (including phenoxy) is 1. The molecule has 0 aliphatic rings. The van der Waals surface area contributed by atoms with Gasteiger partial charge in [0.25, 0.3) is 0 Å². The first-order chi connectivity index (χ1) is 9.72. The highest BCUT2D eigenvalue weighted by Crippen LogP contribution is 2.25. The Labute approximate surface area is 128 Å². The normalized spacial score (nSPS) is 11.8. The van der Waals surface area contributed by atoms with E-state index in [1.165, 1.54) is 5.69 Å². The van der Waals surface area contributed by atoms with Crippen LogP contribution in [-0.4, -0.2) is 60.9 Å². The summed E-state index contributed by atoms with van der Waals surface area (Å²) in [7, 11) is 5.92. The smallest absolute Gasteiger partial charge is 0.194 e. The summed E-state index contributed by atoms with van der Waals surface area (Å²) in [5, 5.41) is 6.63. The first kappa shape index (κ1) is 15.8. The third-order valence-electron chi connectivity index (χ3n) is 2.88. The molecule has 7 heteroatoms. The molecule has 0 aliphatic carbocycles. The van der Waals surface area contributed by atoms with Crippen molar-refractivity contribution >= 4 is 28.1 Å². The van der Waals surface area contributed by atoms with E-state index in [0.717, 1.165) is 42.0 Å². The predicted octanol–water partition coefficient (Wildman–Crippen LogP) is 1.79. The molecule has 112 valence electrons. The van der Waals surface area contributed by atoms with Crippen LogP contribution in [0, 0.1) is 0 Å². The van der Waals surface area contributed by atoms with E-state index in [0.29, 0.717) is 0 Å². The van der Waals surface area contributed by atoms with Gasteiger partial charge in [-0.1, -0.05) is 0 Å². The van der Waals surface area contributed by atoms with Crippen LogP contribution in [0.2, 0.25) is 0 Å². The maximum atomic E-state index is 5.06. The van der Waals surface area contributed by atoms with Crippen molar-refractivity contribution in [1.82, 2.24) is 19.6 Å². The number of nitrogens with one attached hydrogen (secondary N) is 1. The minimum atomic E-state index is 0.731. The van der Waals surface area contributed by atoms with Gasteiger partial charge in [-0.2, -0.15) is 0 Å². The number of hydrogen-bond acceptors (Lipinski definition) is 6. The molecule has 20 heavy (non-hydrogen) atoms. The standard InChI is InChI=1S/C13H22N4OS2/c1-16(2)5-8-19-12-11(10-14-4-7-18-3)17-6-9-20-13(17)15-12/h6,9,14H,4-5,7-8,10H2,1-3H3. The first-order valence-corrected chi connectivity index (χ1v) is 8.50. The Hall–Kier alpha value is -0.600. The average Bonchev–Trinajstić information content (AvgIpc) is 2.96. The topological polar surface area (TPSA) is 41.8 Å². The van der Waals surface area contributed by atoms with Crippen molar-refractivity contribution in [2.45, 2.75) is 11.6 Å². The SMILES string of the molecule is COCCNCc1c(SCCN(C)C)nc2sccn12. The summed E-state index contributed by atoms with van der Waals surface area (Å²) in [5.41, 5.74) is 1.25. The van der Waals surface area contributed by atoms with Crippen LogP contribution < -0.4 is 5.32 Å². The van der Waals surface area contributed by atoms with Crippen molar-refractivity contribution < 1.29 is 4.74 Å². The Morgan fingerprint density at radius 1 is 1.50 bits per heavy atom. The highest BCUT2D eigenvalue weighted by atomic mass is 32.2. The Bertz CT molecular complexity index is 523. The molecular formula is C13H22N4OS2. The fraction of sp³-hybridized carbons (Fsp3) is 0.615. The van der Waals surface area contributed by atoms with Gasteiger partial charge in [0.15, 0.2) is 4.96 Å². The maximum absolute atomic E-state index is 5.06. The molecule has 2 heterocycles. The van der Waals surface area contributed by atoms with Crippen LogP contribution in [-0.2, 0) is 11.3 Å². The van der Waals surface area contributed by atoms with E-state index in [2.05, 4.69) is 40.3 Å². The second kappa shape index (κ2) is 7.99. The van der Waals surface area contributed by atoms with Gasteiger partial charge < -0.3 is 15.0 Å². The van der Waals surface area contributed by atoms with Crippen molar-refractivity contribution in [1.29, 1.82) is 0 Å². The van der Waals surface area contributed by atoms with Crippen molar-refractivity contribution in [2.75, 3.05) is 46.7 Å². The van der Waals surface area contributed by atoms with Crippen LogP contribution in [0.5, 0.6) is 0 Å². The molecule has 0 radical (unpaired) electrons. The van der Waals surface area contributed by atoms with E-state index in [9.17, 15) is 0 Å². The molecule has 0 atom stereocenters. The van der Waals surface area contributed by atoms with E-state index in [-0.39, 0.29) is 0 Å². The molecule has 0 saturated heterocycles. The Balaban J connectivity index is 2.01. The Morgan fingerprint density at radius 2 is 2.35 bits per heavy atom. The zero-order valence-corrected chi connectivity index (χ0v) is 13.9. The lowest BCUT2D eigenvalue weighted by molar-refractivity contribution is 0.199. The zero-order valence-electron chi connectivity index (χ0n) is 12.3. The summed E-state index contributed by atoms with van der Waals surface area (Å²) in [4.78, 5) is 7.99. The van der Waals surface area contributed by atoms with Gasteiger partial charge in [-0.3, -0.25) is 4.40 Å².